The third-order valence-corrected chi connectivity index (χ3v) is 3.35. The molecule has 19 heavy (non-hydrogen) atoms. The van der Waals surface area contributed by atoms with Crippen molar-refractivity contribution in [3.8, 4) is 5.69 Å². The molecule has 5 nitrogen and oxygen atoms in total. The number of carbonyl (C=O) groups is 1. The van der Waals surface area contributed by atoms with Crippen LogP contribution in [-0.4, -0.2) is 45.4 Å². The van der Waals surface area contributed by atoms with Crippen molar-refractivity contribution in [3.05, 3.63) is 48.3 Å². The normalized spacial score (nSPS) is 15.3. The molecule has 1 fully saturated rings. The van der Waals surface area contributed by atoms with Crippen molar-refractivity contribution in [2.24, 2.45) is 5.92 Å². The minimum absolute atomic E-state index is 0.0214. The lowest BCUT2D eigenvalue weighted by atomic mass is 10.0. The Morgan fingerprint density at radius 2 is 2.05 bits per heavy atom. The van der Waals surface area contributed by atoms with E-state index in [-0.39, 0.29) is 18.4 Å². The van der Waals surface area contributed by atoms with Gasteiger partial charge in [-0.05, 0) is 12.1 Å². The van der Waals surface area contributed by atoms with Crippen LogP contribution in [0.4, 0.5) is 0 Å². The molecule has 0 unspecified atom stereocenters. The van der Waals surface area contributed by atoms with E-state index in [4.69, 9.17) is 5.11 Å². The Hall–Kier alpha value is -2.14. The van der Waals surface area contributed by atoms with E-state index in [0.717, 1.165) is 5.69 Å². The van der Waals surface area contributed by atoms with Gasteiger partial charge in [-0.25, -0.2) is 4.68 Å². The Balaban J connectivity index is 1.73. The van der Waals surface area contributed by atoms with E-state index in [0.29, 0.717) is 18.7 Å². The molecule has 0 spiro atoms. The zero-order chi connectivity index (χ0) is 13.2. The number of rotatable bonds is 3. The summed E-state index contributed by atoms with van der Waals surface area (Å²) < 4.78 is 1.69. The molecule has 0 aliphatic carbocycles. The van der Waals surface area contributed by atoms with E-state index in [1.165, 1.54) is 0 Å². The van der Waals surface area contributed by atoms with Gasteiger partial charge >= 0.3 is 0 Å². The summed E-state index contributed by atoms with van der Waals surface area (Å²) in [7, 11) is 0. The number of amides is 1. The predicted molar refractivity (Wildman–Crippen MR) is 70.0 cm³/mol. The Morgan fingerprint density at radius 1 is 1.32 bits per heavy atom. The van der Waals surface area contributed by atoms with Gasteiger partial charge in [0.2, 0.25) is 0 Å². The summed E-state index contributed by atoms with van der Waals surface area (Å²) in [6.45, 7) is 1.41. The standard InChI is InChI=1S/C14H15N3O2/c18-10-11-7-16(8-11)14(19)12-6-15-17(9-12)13-4-2-1-3-5-13/h1-6,9,11,18H,7-8,10H2. The lowest BCUT2D eigenvalue weighted by Crippen LogP contribution is -2.51. The van der Waals surface area contributed by atoms with E-state index < -0.39 is 0 Å². The number of aromatic nitrogens is 2. The van der Waals surface area contributed by atoms with Crippen LogP contribution in [0.3, 0.4) is 0 Å². The van der Waals surface area contributed by atoms with Gasteiger partial charge in [0, 0.05) is 31.8 Å². The van der Waals surface area contributed by atoms with Crippen LogP contribution >= 0.6 is 0 Å². The molecule has 1 N–H and O–H groups in total. The third kappa shape index (κ3) is 2.24. The SMILES string of the molecule is O=C(c1cnn(-c2ccccc2)c1)N1CC(CO)C1. The molecule has 0 saturated carbocycles. The maximum atomic E-state index is 12.1. The van der Waals surface area contributed by atoms with Gasteiger partial charge < -0.3 is 10.0 Å². The van der Waals surface area contributed by atoms with E-state index in [1.807, 2.05) is 30.3 Å². The fourth-order valence-corrected chi connectivity index (χ4v) is 2.19. The maximum Gasteiger partial charge on any atom is 0.257 e. The fraction of sp³-hybridized carbons (Fsp3) is 0.286. The number of para-hydroxylation sites is 1. The summed E-state index contributed by atoms with van der Waals surface area (Å²) in [5.41, 5.74) is 1.51. The van der Waals surface area contributed by atoms with Crippen LogP contribution < -0.4 is 0 Å². The molecule has 0 bridgehead atoms. The number of carbonyl (C=O) groups excluding carboxylic acids is 1. The van der Waals surface area contributed by atoms with Crippen molar-refractivity contribution in [2.45, 2.75) is 0 Å². The van der Waals surface area contributed by atoms with Crippen molar-refractivity contribution in [1.82, 2.24) is 14.7 Å². The molecule has 2 heterocycles. The Kier molecular flexibility index (Phi) is 3.05. The summed E-state index contributed by atoms with van der Waals surface area (Å²) >= 11 is 0. The zero-order valence-corrected chi connectivity index (χ0v) is 10.4. The first-order valence-corrected chi connectivity index (χ1v) is 6.28. The largest absolute Gasteiger partial charge is 0.396 e. The van der Waals surface area contributed by atoms with E-state index in [2.05, 4.69) is 5.10 Å². The smallest absolute Gasteiger partial charge is 0.257 e. The molecule has 0 atom stereocenters. The van der Waals surface area contributed by atoms with Gasteiger partial charge in [0.1, 0.15) is 0 Å². The Morgan fingerprint density at radius 3 is 2.74 bits per heavy atom. The van der Waals surface area contributed by atoms with Crippen LogP contribution in [0.15, 0.2) is 42.7 Å². The monoisotopic (exact) mass is 257 g/mol. The molecule has 1 saturated heterocycles. The van der Waals surface area contributed by atoms with Gasteiger partial charge in [0.05, 0.1) is 17.4 Å². The minimum Gasteiger partial charge on any atom is -0.396 e. The summed E-state index contributed by atoms with van der Waals surface area (Å²) in [5, 5.41) is 13.2. The van der Waals surface area contributed by atoms with Gasteiger partial charge in [-0.15, -0.1) is 0 Å². The third-order valence-electron chi connectivity index (χ3n) is 3.35. The first-order valence-electron chi connectivity index (χ1n) is 6.28. The molecule has 98 valence electrons. The molecule has 1 aromatic carbocycles. The van der Waals surface area contributed by atoms with Gasteiger partial charge in [0.25, 0.3) is 5.91 Å². The van der Waals surface area contributed by atoms with Gasteiger partial charge in [-0.3, -0.25) is 4.79 Å². The van der Waals surface area contributed by atoms with E-state index >= 15 is 0 Å². The summed E-state index contributed by atoms with van der Waals surface area (Å²) in [6, 6.07) is 9.67. The molecule has 3 rings (SSSR count). The summed E-state index contributed by atoms with van der Waals surface area (Å²) in [5.74, 6) is 0.208. The number of hydrogen-bond donors (Lipinski definition) is 1. The van der Waals surface area contributed by atoms with E-state index in [9.17, 15) is 4.79 Å². The van der Waals surface area contributed by atoms with Crippen molar-refractivity contribution in [2.75, 3.05) is 19.7 Å². The number of hydrogen-bond acceptors (Lipinski definition) is 3. The van der Waals surface area contributed by atoms with Crippen molar-refractivity contribution >= 4 is 5.91 Å². The van der Waals surface area contributed by atoms with Crippen molar-refractivity contribution in [1.29, 1.82) is 0 Å². The molecule has 5 heteroatoms. The minimum atomic E-state index is -0.0214. The molecule has 0 radical (unpaired) electrons. The maximum absolute atomic E-state index is 12.1. The van der Waals surface area contributed by atoms with Crippen molar-refractivity contribution < 1.29 is 9.90 Å². The second kappa shape index (κ2) is 4.85. The van der Waals surface area contributed by atoms with Crippen LogP contribution in [0.2, 0.25) is 0 Å². The number of benzene rings is 1. The second-order valence-electron chi connectivity index (χ2n) is 4.77. The van der Waals surface area contributed by atoms with Crippen LogP contribution in [0.25, 0.3) is 5.69 Å². The van der Waals surface area contributed by atoms with Gasteiger partial charge in [-0.2, -0.15) is 5.10 Å². The number of aliphatic hydroxyl groups is 1. The van der Waals surface area contributed by atoms with Gasteiger partial charge in [0.15, 0.2) is 0 Å². The lowest BCUT2D eigenvalue weighted by molar-refractivity contribution is 0.0362. The second-order valence-corrected chi connectivity index (χ2v) is 4.77. The van der Waals surface area contributed by atoms with Crippen LogP contribution in [0, 0.1) is 5.92 Å². The topological polar surface area (TPSA) is 58.4 Å². The molecule has 1 amide bonds. The molecule has 1 aromatic heterocycles. The van der Waals surface area contributed by atoms with E-state index in [1.54, 1.807) is 22.0 Å². The fourth-order valence-electron chi connectivity index (χ4n) is 2.19. The Labute approximate surface area is 111 Å². The highest BCUT2D eigenvalue weighted by molar-refractivity contribution is 5.94. The lowest BCUT2D eigenvalue weighted by Gasteiger charge is -2.37. The van der Waals surface area contributed by atoms with Crippen molar-refractivity contribution in [3.63, 3.8) is 0 Å². The zero-order valence-electron chi connectivity index (χ0n) is 10.4. The molecule has 1 aliphatic heterocycles. The Bertz CT molecular complexity index is 573. The average Bonchev–Trinajstić information content (AvgIpc) is 2.88. The first kappa shape index (κ1) is 11.9. The molecule has 2 aromatic rings. The number of aliphatic hydroxyl groups excluding tert-OH is 1. The van der Waals surface area contributed by atoms with Gasteiger partial charge in [-0.1, -0.05) is 18.2 Å². The molecular formula is C14H15N3O2. The van der Waals surface area contributed by atoms with Crippen LogP contribution in [-0.2, 0) is 0 Å². The quantitative estimate of drug-likeness (QED) is 0.890. The number of likely N-dealkylation sites (tertiary alicyclic amines) is 1. The van der Waals surface area contributed by atoms with Crippen LogP contribution in [0.1, 0.15) is 10.4 Å². The predicted octanol–water partition coefficient (Wildman–Crippen LogP) is 0.937. The van der Waals surface area contributed by atoms with Crippen LogP contribution in [0.5, 0.6) is 0 Å². The highest BCUT2D eigenvalue weighted by atomic mass is 16.3. The molecule has 1 aliphatic rings. The average molecular weight is 257 g/mol. The molecular weight excluding hydrogens is 242 g/mol. The summed E-state index contributed by atoms with van der Waals surface area (Å²) in [4.78, 5) is 13.9. The first-order chi connectivity index (χ1) is 9.28. The number of nitrogens with zero attached hydrogens (tertiary/aromatic N) is 3. The highest BCUT2D eigenvalue weighted by Crippen LogP contribution is 2.18. The summed E-state index contributed by atoms with van der Waals surface area (Å²) in [6.07, 6.45) is 3.32. The highest BCUT2D eigenvalue weighted by Gasteiger charge is 2.31.